The van der Waals surface area contributed by atoms with Crippen molar-refractivity contribution < 1.29 is 8.42 Å². The Labute approximate surface area is 125 Å². The fraction of sp³-hybridized carbons (Fsp3) is 0.0714. The smallest absolute Gasteiger partial charge is 0.237 e. The highest BCUT2D eigenvalue weighted by molar-refractivity contribution is 9.47. The maximum Gasteiger partial charge on any atom is 0.237 e. The van der Waals surface area contributed by atoms with Gasteiger partial charge in [0.15, 0.2) is 0 Å². The summed E-state index contributed by atoms with van der Waals surface area (Å²) >= 11 is 2.58. The topological polar surface area (TPSA) is 62.8 Å². The van der Waals surface area contributed by atoms with Crippen LogP contribution in [0, 0.1) is 6.92 Å². The number of para-hydroxylation sites is 2. The molecule has 0 radical (unpaired) electrons. The molecular weight excluding hydrogens is 340 g/mol. The molecule has 104 valence electrons. The Morgan fingerprint density at radius 1 is 1.05 bits per heavy atom. The molecule has 0 aliphatic carbocycles. The number of aromatic nitrogens is 2. The van der Waals surface area contributed by atoms with E-state index in [-0.39, 0.29) is 0 Å². The number of hydrogen-bond donors (Lipinski definition) is 1. The number of fused-ring (bicyclic) bond motifs is 1. The molecule has 0 spiro atoms. The average molecular weight is 353 g/mol. The van der Waals surface area contributed by atoms with Gasteiger partial charge in [0.05, 0.1) is 37.1 Å². The van der Waals surface area contributed by atoms with Gasteiger partial charge in [0.25, 0.3) is 0 Å². The third kappa shape index (κ3) is 3.91. The number of hydrogen-bond acceptors (Lipinski definition) is 3. The first-order valence-corrected chi connectivity index (χ1v) is 9.19. The van der Waals surface area contributed by atoms with E-state index in [4.69, 9.17) is 0 Å². The number of halogens is 1. The molecule has 0 bridgehead atoms. The van der Waals surface area contributed by atoms with Crippen LogP contribution in [0.15, 0.2) is 59.8 Å². The molecule has 0 aliphatic rings. The Morgan fingerprint density at radius 2 is 1.70 bits per heavy atom. The Balaban J connectivity index is 0.000000149. The summed E-state index contributed by atoms with van der Waals surface area (Å²) in [4.78, 5) is 7.37. The van der Waals surface area contributed by atoms with E-state index in [2.05, 4.69) is 24.8 Å². The van der Waals surface area contributed by atoms with Gasteiger partial charge in [-0.15, -0.1) is 0 Å². The molecule has 1 heterocycles. The van der Waals surface area contributed by atoms with Crippen molar-refractivity contribution >= 4 is 34.1 Å². The number of nitrogens with zero attached hydrogens (tertiary/aromatic N) is 1. The Morgan fingerprint density at radius 3 is 2.30 bits per heavy atom. The zero-order valence-electron chi connectivity index (χ0n) is 10.7. The lowest BCUT2D eigenvalue weighted by Crippen LogP contribution is -1.88. The largest absolute Gasteiger partial charge is 0.345 e. The maximum atomic E-state index is 10.9. The number of aryl methyl sites for hydroxylation is 1. The first kappa shape index (κ1) is 14.7. The molecule has 6 heteroatoms. The van der Waals surface area contributed by atoms with Gasteiger partial charge in [0.1, 0.15) is 0 Å². The molecule has 0 saturated heterocycles. The molecule has 3 rings (SSSR count). The third-order valence-corrected chi connectivity index (χ3v) is 4.59. The number of benzene rings is 2. The summed E-state index contributed by atoms with van der Waals surface area (Å²) in [6.07, 6.45) is 1.70. The van der Waals surface area contributed by atoms with Crippen molar-refractivity contribution in [1.82, 2.24) is 9.97 Å². The Kier molecular flexibility index (Phi) is 4.57. The fourth-order valence-corrected chi connectivity index (χ4v) is 2.69. The van der Waals surface area contributed by atoms with Crippen molar-refractivity contribution in [1.29, 1.82) is 0 Å². The van der Waals surface area contributed by atoms with Crippen LogP contribution in [0.1, 0.15) is 5.56 Å². The van der Waals surface area contributed by atoms with Gasteiger partial charge >= 0.3 is 0 Å². The van der Waals surface area contributed by atoms with E-state index in [1.165, 1.54) is 0 Å². The quantitative estimate of drug-likeness (QED) is 0.680. The summed E-state index contributed by atoms with van der Waals surface area (Å²) < 4.78 is 21.7. The zero-order valence-corrected chi connectivity index (χ0v) is 13.1. The standard InChI is InChI=1S/C7H7BrO2S.C7H6N2/c1-6-2-4-7(5-3-6)11(8,9)10;1-2-4-7-6(3-1)8-5-9-7/h2-5H,1H3;1-5H,(H,8,9). The molecule has 4 nitrogen and oxygen atoms in total. The molecule has 0 amide bonds. The van der Waals surface area contributed by atoms with Crippen LogP contribution >= 0.6 is 14.8 Å². The van der Waals surface area contributed by atoms with Crippen molar-refractivity contribution in [3.05, 3.63) is 60.4 Å². The highest BCUT2D eigenvalue weighted by Crippen LogP contribution is 2.16. The van der Waals surface area contributed by atoms with Gasteiger partial charge < -0.3 is 4.98 Å². The van der Waals surface area contributed by atoms with E-state index in [1.54, 1.807) is 30.6 Å². The van der Waals surface area contributed by atoms with Gasteiger partial charge in [0.2, 0.25) is 8.27 Å². The van der Waals surface area contributed by atoms with Crippen LogP contribution in [0.2, 0.25) is 0 Å². The normalized spacial score (nSPS) is 10.9. The molecule has 3 aromatic rings. The van der Waals surface area contributed by atoms with Crippen molar-refractivity contribution in [2.75, 3.05) is 0 Å². The lowest BCUT2D eigenvalue weighted by atomic mass is 10.2. The van der Waals surface area contributed by atoms with E-state index in [9.17, 15) is 8.42 Å². The first-order valence-electron chi connectivity index (χ1n) is 5.86. The number of aromatic amines is 1. The molecule has 0 saturated carbocycles. The van der Waals surface area contributed by atoms with Crippen LogP contribution in [-0.4, -0.2) is 18.4 Å². The second-order valence-electron chi connectivity index (χ2n) is 4.17. The first-order chi connectivity index (χ1) is 9.47. The lowest BCUT2D eigenvalue weighted by Gasteiger charge is -1.95. The molecule has 0 fully saturated rings. The summed E-state index contributed by atoms with van der Waals surface area (Å²) in [5, 5.41) is 0. The summed E-state index contributed by atoms with van der Waals surface area (Å²) in [5.74, 6) is 0. The Hall–Kier alpha value is -1.66. The average Bonchev–Trinajstić information content (AvgIpc) is 2.87. The monoisotopic (exact) mass is 352 g/mol. The van der Waals surface area contributed by atoms with Crippen molar-refractivity contribution in [2.45, 2.75) is 11.8 Å². The van der Waals surface area contributed by atoms with Crippen LogP contribution < -0.4 is 0 Å². The van der Waals surface area contributed by atoms with Crippen LogP contribution in [0.3, 0.4) is 0 Å². The number of imidazole rings is 1. The van der Waals surface area contributed by atoms with Crippen LogP contribution in [-0.2, 0) is 8.27 Å². The highest BCUT2D eigenvalue weighted by Gasteiger charge is 2.06. The van der Waals surface area contributed by atoms with Gasteiger partial charge in [-0.05, 0) is 31.2 Å². The van der Waals surface area contributed by atoms with Crippen LogP contribution in [0.4, 0.5) is 0 Å². The summed E-state index contributed by atoms with van der Waals surface area (Å²) in [6.45, 7) is 1.91. The van der Waals surface area contributed by atoms with E-state index in [0.29, 0.717) is 4.90 Å². The predicted octanol–water partition coefficient (Wildman–Crippen LogP) is 3.64. The molecule has 20 heavy (non-hydrogen) atoms. The fourth-order valence-electron chi connectivity index (χ4n) is 1.58. The lowest BCUT2D eigenvalue weighted by molar-refractivity contribution is 0.611. The zero-order chi connectivity index (χ0) is 14.6. The van der Waals surface area contributed by atoms with Crippen molar-refractivity contribution in [2.24, 2.45) is 0 Å². The minimum absolute atomic E-state index is 0.295. The van der Waals surface area contributed by atoms with E-state index in [0.717, 1.165) is 16.6 Å². The van der Waals surface area contributed by atoms with E-state index >= 15 is 0 Å². The third-order valence-electron chi connectivity index (χ3n) is 2.63. The van der Waals surface area contributed by atoms with Gasteiger partial charge in [-0.1, -0.05) is 29.8 Å². The summed E-state index contributed by atoms with van der Waals surface area (Å²) in [7, 11) is -3.21. The van der Waals surface area contributed by atoms with Gasteiger partial charge in [-0.2, -0.15) is 0 Å². The molecule has 0 aliphatic heterocycles. The molecule has 1 N–H and O–H groups in total. The van der Waals surface area contributed by atoms with Crippen molar-refractivity contribution in [3.63, 3.8) is 0 Å². The second-order valence-corrected chi connectivity index (χ2v) is 8.07. The number of nitrogens with one attached hydrogen (secondary N) is 1. The summed E-state index contributed by atoms with van der Waals surface area (Å²) in [5.41, 5.74) is 3.17. The second kappa shape index (κ2) is 6.19. The molecule has 0 atom stereocenters. The molecule has 0 unspecified atom stereocenters. The number of rotatable bonds is 1. The number of H-pyrrole nitrogens is 1. The molecular formula is C14H13BrN2O2S. The molecule has 2 aromatic carbocycles. The molecule has 1 aromatic heterocycles. The minimum atomic E-state index is -3.21. The Bertz CT molecular complexity index is 765. The predicted molar refractivity (Wildman–Crippen MR) is 83.4 cm³/mol. The van der Waals surface area contributed by atoms with Crippen molar-refractivity contribution in [3.8, 4) is 0 Å². The minimum Gasteiger partial charge on any atom is -0.345 e. The SMILES string of the molecule is Cc1ccc(S(=O)(=O)Br)cc1.c1ccc2[nH]cnc2c1. The van der Waals surface area contributed by atoms with E-state index in [1.807, 2.05) is 31.2 Å². The van der Waals surface area contributed by atoms with Gasteiger partial charge in [-0.25, -0.2) is 13.4 Å². The van der Waals surface area contributed by atoms with E-state index < -0.39 is 8.27 Å². The maximum absolute atomic E-state index is 10.9. The van der Waals surface area contributed by atoms with Gasteiger partial charge in [0, 0.05) is 0 Å². The highest BCUT2D eigenvalue weighted by atomic mass is 79.9. The summed E-state index contributed by atoms with van der Waals surface area (Å²) in [6, 6.07) is 14.6. The van der Waals surface area contributed by atoms with Crippen LogP contribution in [0.25, 0.3) is 11.0 Å². The van der Waals surface area contributed by atoms with Gasteiger partial charge in [-0.3, -0.25) is 0 Å². The van der Waals surface area contributed by atoms with Crippen LogP contribution in [0.5, 0.6) is 0 Å².